The first kappa shape index (κ1) is 15.0. The van der Waals surface area contributed by atoms with Gasteiger partial charge in [-0.1, -0.05) is 29.8 Å². The molecule has 1 rings (SSSR count). The maximum absolute atomic E-state index is 11.7. The molecule has 0 atom stereocenters. The summed E-state index contributed by atoms with van der Waals surface area (Å²) in [6.45, 7) is 5.35. The third-order valence-corrected chi connectivity index (χ3v) is 2.56. The Morgan fingerprint density at radius 1 is 1.26 bits per heavy atom. The van der Waals surface area contributed by atoms with Crippen LogP contribution in [0.15, 0.2) is 30.3 Å². The van der Waals surface area contributed by atoms with Crippen molar-refractivity contribution in [1.29, 1.82) is 0 Å². The van der Waals surface area contributed by atoms with E-state index in [0.29, 0.717) is 0 Å². The fourth-order valence-electron chi connectivity index (χ4n) is 1.65. The van der Waals surface area contributed by atoms with E-state index in [1.165, 1.54) is 6.08 Å². The molecule has 0 aliphatic rings. The molecule has 0 fully saturated rings. The molecule has 1 aromatic rings. The van der Waals surface area contributed by atoms with Crippen LogP contribution in [0.1, 0.15) is 31.4 Å². The van der Waals surface area contributed by atoms with Crippen molar-refractivity contribution < 1.29 is 14.7 Å². The van der Waals surface area contributed by atoms with Gasteiger partial charge in [-0.05, 0) is 32.4 Å². The molecule has 0 aliphatic carbocycles. The van der Waals surface area contributed by atoms with E-state index in [1.54, 1.807) is 19.9 Å². The normalized spacial score (nSPS) is 11.5. The predicted octanol–water partition coefficient (Wildman–Crippen LogP) is 2.38. The molecule has 0 radical (unpaired) electrons. The summed E-state index contributed by atoms with van der Waals surface area (Å²) >= 11 is 0. The summed E-state index contributed by atoms with van der Waals surface area (Å²) in [6, 6.07) is 7.76. The largest absolute Gasteiger partial charge is 0.481 e. The lowest BCUT2D eigenvalue weighted by molar-refractivity contribution is -0.138. The van der Waals surface area contributed by atoms with Crippen LogP contribution in [0.25, 0.3) is 6.08 Å². The van der Waals surface area contributed by atoms with E-state index in [2.05, 4.69) is 5.32 Å². The summed E-state index contributed by atoms with van der Waals surface area (Å²) in [5, 5.41) is 11.4. The maximum Gasteiger partial charge on any atom is 0.305 e. The van der Waals surface area contributed by atoms with Gasteiger partial charge in [0.2, 0.25) is 5.91 Å². The highest BCUT2D eigenvalue weighted by Gasteiger charge is 2.22. The number of aryl methyl sites for hydroxylation is 1. The van der Waals surface area contributed by atoms with Gasteiger partial charge in [0.25, 0.3) is 0 Å². The van der Waals surface area contributed by atoms with Gasteiger partial charge in [0, 0.05) is 11.6 Å². The van der Waals surface area contributed by atoms with E-state index < -0.39 is 11.5 Å². The van der Waals surface area contributed by atoms with E-state index in [1.807, 2.05) is 31.2 Å². The molecule has 0 bridgehead atoms. The summed E-state index contributed by atoms with van der Waals surface area (Å²) in [6.07, 6.45) is 3.00. The lowest BCUT2D eigenvalue weighted by Crippen LogP contribution is -2.44. The first-order valence-corrected chi connectivity index (χ1v) is 6.07. The van der Waals surface area contributed by atoms with E-state index >= 15 is 0 Å². The zero-order valence-corrected chi connectivity index (χ0v) is 11.4. The molecule has 4 heteroatoms. The molecule has 19 heavy (non-hydrogen) atoms. The molecule has 0 aromatic heterocycles. The highest BCUT2D eigenvalue weighted by molar-refractivity contribution is 5.92. The van der Waals surface area contributed by atoms with Crippen LogP contribution in [0.3, 0.4) is 0 Å². The van der Waals surface area contributed by atoms with Crippen LogP contribution in [0.4, 0.5) is 0 Å². The third kappa shape index (κ3) is 5.86. The Labute approximate surface area is 113 Å². The van der Waals surface area contributed by atoms with Crippen molar-refractivity contribution in [3.8, 4) is 0 Å². The van der Waals surface area contributed by atoms with Gasteiger partial charge in [0.05, 0.1) is 6.42 Å². The number of rotatable bonds is 5. The monoisotopic (exact) mass is 261 g/mol. The molecule has 0 unspecified atom stereocenters. The lowest BCUT2D eigenvalue weighted by Gasteiger charge is -2.23. The van der Waals surface area contributed by atoms with Crippen molar-refractivity contribution >= 4 is 18.0 Å². The molecule has 0 saturated heterocycles. The molecular formula is C15H19NO3. The van der Waals surface area contributed by atoms with Crippen LogP contribution in [-0.2, 0) is 9.59 Å². The topological polar surface area (TPSA) is 66.4 Å². The Hall–Kier alpha value is -2.10. The average Bonchev–Trinajstić information content (AvgIpc) is 2.25. The molecular weight excluding hydrogens is 242 g/mol. The Kier molecular flexibility index (Phi) is 4.87. The number of benzene rings is 1. The van der Waals surface area contributed by atoms with Gasteiger partial charge in [-0.2, -0.15) is 0 Å². The highest BCUT2D eigenvalue weighted by atomic mass is 16.4. The number of carboxylic acids is 1. The molecule has 102 valence electrons. The quantitative estimate of drug-likeness (QED) is 0.800. The second-order valence-electron chi connectivity index (χ2n) is 5.19. The molecule has 0 heterocycles. The summed E-state index contributed by atoms with van der Waals surface area (Å²) in [5.41, 5.74) is 1.32. The number of hydrogen-bond acceptors (Lipinski definition) is 2. The summed E-state index contributed by atoms with van der Waals surface area (Å²) in [7, 11) is 0. The number of hydrogen-bond donors (Lipinski definition) is 2. The van der Waals surface area contributed by atoms with Crippen LogP contribution in [0.2, 0.25) is 0 Å². The molecule has 0 aliphatic heterocycles. The third-order valence-electron chi connectivity index (χ3n) is 2.56. The summed E-state index contributed by atoms with van der Waals surface area (Å²) in [4.78, 5) is 22.3. The Bertz CT molecular complexity index is 487. The van der Waals surface area contributed by atoms with Gasteiger partial charge in [0.15, 0.2) is 0 Å². The minimum atomic E-state index is -0.937. The Morgan fingerprint density at radius 3 is 2.37 bits per heavy atom. The van der Waals surface area contributed by atoms with Crippen molar-refractivity contribution in [2.24, 2.45) is 0 Å². The van der Waals surface area contributed by atoms with Crippen LogP contribution in [-0.4, -0.2) is 22.5 Å². The fourth-order valence-corrected chi connectivity index (χ4v) is 1.65. The second kappa shape index (κ2) is 6.18. The molecule has 2 N–H and O–H groups in total. The van der Waals surface area contributed by atoms with Crippen molar-refractivity contribution in [2.45, 2.75) is 32.7 Å². The van der Waals surface area contributed by atoms with E-state index in [4.69, 9.17) is 5.11 Å². The number of carboxylic acid groups (broad SMARTS) is 1. The minimum Gasteiger partial charge on any atom is -0.481 e. The van der Waals surface area contributed by atoms with Gasteiger partial charge in [0.1, 0.15) is 0 Å². The van der Waals surface area contributed by atoms with Crippen LogP contribution < -0.4 is 5.32 Å². The first-order chi connectivity index (χ1) is 8.78. The van der Waals surface area contributed by atoms with Gasteiger partial charge in [-0.15, -0.1) is 0 Å². The SMILES string of the molecule is Cc1ccc(C=CC(=O)NC(C)(C)CC(=O)O)cc1. The molecule has 1 aromatic carbocycles. The molecule has 4 nitrogen and oxygen atoms in total. The van der Waals surface area contributed by atoms with Crippen LogP contribution in [0.5, 0.6) is 0 Å². The second-order valence-corrected chi connectivity index (χ2v) is 5.19. The Morgan fingerprint density at radius 2 is 1.84 bits per heavy atom. The number of amides is 1. The summed E-state index contributed by atoms with van der Waals surface area (Å²) in [5.74, 6) is -1.24. The number of aliphatic carboxylic acids is 1. The number of carbonyl (C=O) groups is 2. The molecule has 0 spiro atoms. The zero-order chi connectivity index (χ0) is 14.5. The van der Waals surface area contributed by atoms with Crippen molar-refractivity contribution in [2.75, 3.05) is 0 Å². The molecule has 0 saturated carbocycles. The van der Waals surface area contributed by atoms with Gasteiger partial charge >= 0.3 is 5.97 Å². The first-order valence-electron chi connectivity index (χ1n) is 6.07. The van der Waals surface area contributed by atoms with E-state index in [0.717, 1.165) is 11.1 Å². The molecule has 1 amide bonds. The van der Waals surface area contributed by atoms with Crippen molar-refractivity contribution in [3.05, 3.63) is 41.5 Å². The van der Waals surface area contributed by atoms with Crippen LogP contribution >= 0.6 is 0 Å². The van der Waals surface area contributed by atoms with Gasteiger partial charge in [-0.25, -0.2) is 0 Å². The van der Waals surface area contributed by atoms with Crippen molar-refractivity contribution in [1.82, 2.24) is 5.32 Å². The van der Waals surface area contributed by atoms with Crippen molar-refractivity contribution in [3.63, 3.8) is 0 Å². The maximum atomic E-state index is 11.7. The highest BCUT2D eigenvalue weighted by Crippen LogP contribution is 2.09. The Balaban J connectivity index is 2.60. The minimum absolute atomic E-state index is 0.114. The van der Waals surface area contributed by atoms with E-state index in [-0.39, 0.29) is 12.3 Å². The van der Waals surface area contributed by atoms with Gasteiger partial charge in [-0.3, -0.25) is 9.59 Å². The summed E-state index contributed by atoms with van der Waals surface area (Å²) < 4.78 is 0. The number of carbonyl (C=O) groups excluding carboxylic acids is 1. The zero-order valence-electron chi connectivity index (χ0n) is 11.4. The number of nitrogens with one attached hydrogen (secondary N) is 1. The van der Waals surface area contributed by atoms with Crippen LogP contribution in [0, 0.1) is 6.92 Å². The lowest BCUT2D eigenvalue weighted by atomic mass is 10.0. The van der Waals surface area contributed by atoms with E-state index in [9.17, 15) is 9.59 Å². The van der Waals surface area contributed by atoms with Gasteiger partial charge < -0.3 is 10.4 Å². The standard InChI is InChI=1S/C15H19NO3/c1-11-4-6-12(7-5-11)8-9-13(17)16-15(2,3)10-14(18)19/h4-9H,10H2,1-3H3,(H,16,17)(H,18,19). The predicted molar refractivity (Wildman–Crippen MR) is 74.7 cm³/mol. The fraction of sp³-hybridized carbons (Fsp3) is 0.333. The smallest absolute Gasteiger partial charge is 0.305 e. The average molecular weight is 261 g/mol.